The number of benzene rings is 1. The molecule has 1 saturated heterocycles. The van der Waals surface area contributed by atoms with Crippen molar-refractivity contribution in [3.8, 4) is 0 Å². The summed E-state index contributed by atoms with van der Waals surface area (Å²) >= 11 is 0. The van der Waals surface area contributed by atoms with Crippen molar-refractivity contribution in [2.45, 2.75) is 63.8 Å². The van der Waals surface area contributed by atoms with Crippen LogP contribution in [0.2, 0.25) is 0 Å². The lowest BCUT2D eigenvalue weighted by Crippen LogP contribution is -2.48. The highest BCUT2D eigenvalue weighted by Gasteiger charge is 2.51. The molecule has 0 radical (unpaired) electrons. The number of unbranched alkanes of at least 4 members (excludes halogenated alkanes) is 1. The van der Waals surface area contributed by atoms with Crippen molar-refractivity contribution in [2.24, 2.45) is 17.8 Å². The molecule has 8 nitrogen and oxygen atoms in total. The van der Waals surface area contributed by atoms with Gasteiger partial charge in [-0.2, -0.15) is 0 Å². The molecule has 1 aromatic rings. The van der Waals surface area contributed by atoms with Crippen LogP contribution >= 0.6 is 0 Å². The van der Waals surface area contributed by atoms with E-state index in [0.717, 1.165) is 17.7 Å². The van der Waals surface area contributed by atoms with Crippen LogP contribution in [0.5, 0.6) is 0 Å². The van der Waals surface area contributed by atoms with Gasteiger partial charge >= 0.3 is 0 Å². The monoisotopic (exact) mass is 475 g/mol. The standard InChI is InChI=1S/C24H33N3O5S/c1-4-5-13-25-33(31,32)18-10-8-9-17(15-18)26-22(28)21(14-16(2)3)27-23(29)19-11-6-7-12-20(19)24(27)30/h6-10,15-16,19-21,25H,4-5,11-14H2,1-3H3,(H,26,28). The molecule has 1 aliphatic carbocycles. The molecule has 3 atom stereocenters. The predicted molar refractivity (Wildman–Crippen MR) is 126 cm³/mol. The highest BCUT2D eigenvalue weighted by Crippen LogP contribution is 2.37. The van der Waals surface area contributed by atoms with Crippen LogP contribution in [0.15, 0.2) is 41.3 Å². The number of rotatable bonds is 10. The number of fused-ring (bicyclic) bond motifs is 1. The van der Waals surface area contributed by atoms with Crippen molar-refractivity contribution < 1.29 is 22.8 Å². The topological polar surface area (TPSA) is 113 Å². The zero-order valence-corrected chi connectivity index (χ0v) is 20.2. The first-order valence-electron chi connectivity index (χ1n) is 11.6. The molecule has 0 aromatic heterocycles. The van der Waals surface area contributed by atoms with Crippen LogP contribution < -0.4 is 10.0 Å². The van der Waals surface area contributed by atoms with Crippen LogP contribution in [-0.4, -0.2) is 43.6 Å². The minimum atomic E-state index is -3.70. The Kier molecular flexibility index (Phi) is 8.07. The second-order valence-corrected chi connectivity index (χ2v) is 10.9. The van der Waals surface area contributed by atoms with Gasteiger partial charge in [0.15, 0.2) is 0 Å². The van der Waals surface area contributed by atoms with Gasteiger partial charge in [0.25, 0.3) is 0 Å². The van der Waals surface area contributed by atoms with E-state index in [1.807, 2.05) is 32.9 Å². The summed E-state index contributed by atoms with van der Waals surface area (Å²) in [5.74, 6) is -1.85. The van der Waals surface area contributed by atoms with E-state index in [4.69, 9.17) is 0 Å². The van der Waals surface area contributed by atoms with Crippen LogP contribution in [0.1, 0.15) is 52.9 Å². The first kappa shape index (κ1) is 25.1. The number of hydrogen-bond donors (Lipinski definition) is 2. The Hall–Kier alpha value is -2.52. The first-order chi connectivity index (χ1) is 15.7. The zero-order chi connectivity index (χ0) is 24.2. The van der Waals surface area contributed by atoms with E-state index in [1.165, 1.54) is 12.1 Å². The van der Waals surface area contributed by atoms with Crippen LogP contribution in [0.3, 0.4) is 0 Å². The molecule has 9 heteroatoms. The third kappa shape index (κ3) is 5.70. The average molecular weight is 476 g/mol. The minimum absolute atomic E-state index is 0.0437. The highest BCUT2D eigenvalue weighted by molar-refractivity contribution is 7.89. The summed E-state index contributed by atoms with van der Waals surface area (Å²) in [6.45, 7) is 6.16. The Morgan fingerprint density at radius 3 is 2.33 bits per heavy atom. The average Bonchev–Trinajstić information content (AvgIpc) is 3.02. The second-order valence-electron chi connectivity index (χ2n) is 9.12. The lowest BCUT2D eigenvalue weighted by atomic mass is 9.85. The predicted octanol–water partition coefficient (Wildman–Crippen LogP) is 3.07. The van der Waals surface area contributed by atoms with Gasteiger partial charge in [-0.3, -0.25) is 19.3 Å². The van der Waals surface area contributed by atoms with Crippen molar-refractivity contribution >= 4 is 33.4 Å². The fraction of sp³-hybridized carbons (Fsp3) is 0.542. The Morgan fingerprint density at radius 2 is 1.76 bits per heavy atom. The van der Waals surface area contributed by atoms with E-state index in [1.54, 1.807) is 12.1 Å². The van der Waals surface area contributed by atoms with Crippen LogP contribution in [0.25, 0.3) is 0 Å². The largest absolute Gasteiger partial charge is 0.324 e. The number of sulfonamides is 1. The Balaban J connectivity index is 1.80. The number of imide groups is 1. The third-order valence-corrected chi connectivity index (χ3v) is 7.54. The molecule has 0 spiro atoms. The van der Waals surface area contributed by atoms with Crippen LogP contribution in [0.4, 0.5) is 5.69 Å². The molecular formula is C24H33N3O5S. The number of hydrogen-bond acceptors (Lipinski definition) is 5. The SMILES string of the molecule is CCCCNS(=O)(=O)c1cccc(NC(=O)C(CC(C)C)N2C(=O)C3CC=CCC3C2=O)c1. The number of likely N-dealkylation sites (tertiary alicyclic amines) is 1. The minimum Gasteiger partial charge on any atom is -0.324 e. The Morgan fingerprint density at radius 1 is 1.12 bits per heavy atom. The maximum atomic E-state index is 13.3. The van der Waals surface area contributed by atoms with Gasteiger partial charge in [0.1, 0.15) is 6.04 Å². The van der Waals surface area contributed by atoms with Crippen LogP contribution in [0, 0.1) is 17.8 Å². The summed E-state index contributed by atoms with van der Waals surface area (Å²) in [6, 6.07) is 5.04. The zero-order valence-electron chi connectivity index (χ0n) is 19.4. The van der Waals surface area contributed by atoms with Gasteiger partial charge in [-0.15, -0.1) is 0 Å². The highest BCUT2D eigenvalue weighted by atomic mass is 32.2. The van der Waals surface area contributed by atoms with Crippen molar-refractivity contribution in [3.63, 3.8) is 0 Å². The molecule has 0 saturated carbocycles. The molecule has 2 N–H and O–H groups in total. The van der Waals surface area contributed by atoms with E-state index in [0.29, 0.717) is 31.5 Å². The Bertz CT molecular complexity index is 1010. The molecule has 33 heavy (non-hydrogen) atoms. The summed E-state index contributed by atoms with van der Waals surface area (Å²) in [4.78, 5) is 40.5. The van der Waals surface area contributed by atoms with Gasteiger partial charge in [-0.05, 0) is 49.8 Å². The number of nitrogens with one attached hydrogen (secondary N) is 2. The molecule has 1 aromatic carbocycles. The van der Waals surface area contributed by atoms with Gasteiger partial charge < -0.3 is 5.32 Å². The van der Waals surface area contributed by atoms with E-state index in [9.17, 15) is 22.8 Å². The molecule has 3 amide bonds. The van der Waals surface area contributed by atoms with Gasteiger partial charge in [-0.25, -0.2) is 13.1 Å². The number of anilines is 1. The number of amides is 3. The summed E-state index contributed by atoms with van der Waals surface area (Å²) in [5, 5.41) is 2.73. The summed E-state index contributed by atoms with van der Waals surface area (Å²) in [7, 11) is -3.70. The molecule has 180 valence electrons. The summed E-state index contributed by atoms with van der Waals surface area (Å²) in [6.07, 6.45) is 6.75. The molecular weight excluding hydrogens is 442 g/mol. The number of allylic oxidation sites excluding steroid dienone is 2. The van der Waals surface area contributed by atoms with Crippen molar-refractivity contribution in [1.82, 2.24) is 9.62 Å². The molecule has 1 heterocycles. The molecule has 2 aliphatic rings. The molecule has 3 rings (SSSR count). The fourth-order valence-electron chi connectivity index (χ4n) is 4.34. The van der Waals surface area contributed by atoms with Crippen molar-refractivity contribution in [3.05, 3.63) is 36.4 Å². The van der Waals surface area contributed by atoms with E-state index in [-0.39, 0.29) is 22.6 Å². The number of carbonyl (C=O) groups is 3. The maximum absolute atomic E-state index is 13.3. The summed E-state index contributed by atoms with van der Waals surface area (Å²) < 4.78 is 27.6. The van der Waals surface area contributed by atoms with Crippen LogP contribution in [-0.2, 0) is 24.4 Å². The fourth-order valence-corrected chi connectivity index (χ4v) is 5.46. The van der Waals surface area contributed by atoms with Crippen molar-refractivity contribution in [1.29, 1.82) is 0 Å². The normalized spacial score (nSPS) is 21.4. The second kappa shape index (κ2) is 10.6. The maximum Gasteiger partial charge on any atom is 0.247 e. The molecule has 0 bridgehead atoms. The van der Waals surface area contributed by atoms with Gasteiger partial charge in [0.2, 0.25) is 27.7 Å². The molecule has 1 fully saturated rings. The lowest BCUT2D eigenvalue weighted by Gasteiger charge is -2.27. The number of carbonyl (C=O) groups excluding carboxylic acids is 3. The van der Waals surface area contributed by atoms with Gasteiger partial charge in [0, 0.05) is 12.2 Å². The van der Waals surface area contributed by atoms with E-state index >= 15 is 0 Å². The summed E-state index contributed by atoms with van der Waals surface area (Å²) in [5.41, 5.74) is 0.297. The first-order valence-corrected chi connectivity index (χ1v) is 13.1. The van der Waals surface area contributed by atoms with E-state index < -0.39 is 33.8 Å². The van der Waals surface area contributed by atoms with Gasteiger partial charge in [-0.1, -0.05) is 45.4 Å². The number of nitrogens with zero attached hydrogens (tertiary/aromatic N) is 1. The van der Waals surface area contributed by atoms with Gasteiger partial charge in [0.05, 0.1) is 16.7 Å². The Labute approximate surface area is 195 Å². The van der Waals surface area contributed by atoms with E-state index in [2.05, 4.69) is 10.0 Å². The lowest BCUT2D eigenvalue weighted by molar-refractivity contribution is -0.147. The third-order valence-electron chi connectivity index (χ3n) is 6.08. The molecule has 1 aliphatic heterocycles. The smallest absolute Gasteiger partial charge is 0.247 e. The quantitative estimate of drug-likeness (QED) is 0.307. The molecule has 3 unspecified atom stereocenters. The van der Waals surface area contributed by atoms with Crippen molar-refractivity contribution in [2.75, 3.05) is 11.9 Å².